The molecule has 5 nitrogen and oxygen atoms in total. The van der Waals surface area contributed by atoms with Crippen molar-refractivity contribution in [3.8, 4) is 0 Å². The van der Waals surface area contributed by atoms with Crippen molar-refractivity contribution < 1.29 is 14.3 Å². The molecule has 1 aromatic rings. The van der Waals surface area contributed by atoms with Gasteiger partial charge in [0.15, 0.2) is 5.78 Å². The molecule has 1 N–H and O–H groups in total. The summed E-state index contributed by atoms with van der Waals surface area (Å²) in [7, 11) is 0. The fourth-order valence-corrected chi connectivity index (χ4v) is 2.37. The number of ether oxygens (including phenoxy) is 1. The van der Waals surface area contributed by atoms with Gasteiger partial charge in [0, 0.05) is 19.5 Å². The molecule has 0 spiro atoms. The molecule has 1 aliphatic heterocycles. The molecule has 1 aliphatic rings. The number of carbonyl (C=O) groups is 2. The van der Waals surface area contributed by atoms with Crippen molar-refractivity contribution in [1.82, 2.24) is 10.2 Å². The third-order valence-electron chi connectivity index (χ3n) is 3.52. The van der Waals surface area contributed by atoms with Crippen LogP contribution < -0.4 is 5.32 Å². The van der Waals surface area contributed by atoms with Crippen molar-refractivity contribution in [2.75, 3.05) is 26.3 Å². The van der Waals surface area contributed by atoms with Gasteiger partial charge in [-0.3, -0.25) is 4.79 Å². The standard InChI is InChI=1S/C16H22N2O3/c1-2-6-14(19)15(13-7-4-3-5-8-13)17-16(20)18-9-11-21-12-10-18/h3-5,7-8,15H,2,6,9-12H2,1H3,(H,17,20)/t15-/m1/s1. The van der Waals surface area contributed by atoms with Crippen molar-refractivity contribution in [3.63, 3.8) is 0 Å². The van der Waals surface area contributed by atoms with Crippen molar-refractivity contribution >= 4 is 11.8 Å². The number of urea groups is 1. The van der Waals surface area contributed by atoms with Crippen LogP contribution in [0.1, 0.15) is 31.4 Å². The maximum Gasteiger partial charge on any atom is 0.318 e. The molecule has 0 unspecified atom stereocenters. The molecular weight excluding hydrogens is 268 g/mol. The van der Waals surface area contributed by atoms with Crippen molar-refractivity contribution in [2.24, 2.45) is 0 Å². The number of amides is 2. The maximum absolute atomic E-state index is 12.3. The molecule has 2 rings (SSSR count). The second-order valence-electron chi connectivity index (χ2n) is 5.11. The third-order valence-corrected chi connectivity index (χ3v) is 3.52. The van der Waals surface area contributed by atoms with Gasteiger partial charge in [0.2, 0.25) is 0 Å². The number of nitrogens with zero attached hydrogens (tertiary/aromatic N) is 1. The molecule has 21 heavy (non-hydrogen) atoms. The minimum absolute atomic E-state index is 0.0466. The molecule has 1 atom stereocenters. The predicted octanol–water partition coefficient (Wildman–Crippen LogP) is 2.14. The Morgan fingerprint density at radius 2 is 1.90 bits per heavy atom. The van der Waals surface area contributed by atoms with E-state index >= 15 is 0 Å². The molecule has 5 heteroatoms. The van der Waals surface area contributed by atoms with Crippen LogP contribution in [-0.4, -0.2) is 43.0 Å². The van der Waals surface area contributed by atoms with Gasteiger partial charge >= 0.3 is 6.03 Å². The van der Waals surface area contributed by atoms with Crippen LogP contribution in [0, 0.1) is 0 Å². The zero-order valence-corrected chi connectivity index (χ0v) is 12.4. The molecule has 0 aromatic heterocycles. The lowest BCUT2D eigenvalue weighted by Crippen LogP contribution is -2.48. The SMILES string of the molecule is CCCC(=O)[C@H](NC(=O)N1CCOCC1)c1ccccc1. The summed E-state index contributed by atoms with van der Waals surface area (Å²) in [6.07, 6.45) is 1.23. The normalized spacial score (nSPS) is 16.3. The van der Waals surface area contributed by atoms with E-state index in [9.17, 15) is 9.59 Å². The largest absolute Gasteiger partial charge is 0.378 e. The molecule has 1 heterocycles. The summed E-state index contributed by atoms with van der Waals surface area (Å²) in [5.74, 6) is 0.0466. The van der Waals surface area contributed by atoms with Gasteiger partial charge in [-0.1, -0.05) is 37.3 Å². The molecule has 1 saturated heterocycles. The molecular formula is C16H22N2O3. The zero-order chi connectivity index (χ0) is 15.1. The topological polar surface area (TPSA) is 58.6 Å². The van der Waals surface area contributed by atoms with Gasteiger partial charge in [0.25, 0.3) is 0 Å². The van der Waals surface area contributed by atoms with Gasteiger partial charge in [-0.05, 0) is 12.0 Å². The first-order chi connectivity index (χ1) is 10.2. The van der Waals surface area contributed by atoms with Crippen LogP contribution in [0.15, 0.2) is 30.3 Å². The van der Waals surface area contributed by atoms with Crippen LogP contribution in [0.5, 0.6) is 0 Å². The van der Waals surface area contributed by atoms with Crippen LogP contribution in [-0.2, 0) is 9.53 Å². The maximum atomic E-state index is 12.3. The fraction of sp³-hybridized carbons (Fsp3) is 0.500. The lowest BCUT2D eigenvalue weighted by Gasteiger charge is -2.29. The first kappa shape index (κ1) is 15.5. The van der Waals surface area contributed by atoms with Crippen LogP contribution in [0.25, 0.3) is 0 Å². The van der Waals surface area contributed by atoms with E-state index in [0.29, 0.717) is 32.7 Å². The highest BCUT2D eigenvalue weighted by molar-refractivity contribution is 5.89. The van der Waals surface area contributed by atoms with Gasteiger partial charge in [-0.25, -0.2) is 4.79 Å². The van der Waals surface area contributed by atoms with Gasteiger partial charge in [-0.15, -0.1) is 0 Å². The Morgan fingerprint density at radius 1 is 1.24 bits per heavy atom. The average molecular weight is 290 g/mol. The van der Waals surface area contributed by atoms with Gasteiger partial charge < -0.3 is 15.0 Å². The number of hydrogen-bond donors (Lipinski definition) is 1. The van der Waals surface area contributed by atoms with Crippen molar-refractivity contribution in [2.45, 2.75) is 25.8 Å². The Balaban J connectivity index is 2.08. The van der Waals surface area contributed by atoms with Crippen molar-refractivity contribution in [1.29, 1.82) is 0 Å². The molecule has 1 fully saturated rings. The van der Waals surface area contributed by atoms with Crippen LogP contribution >= 0.6 is 0 Å². The Bertz CT molecular complexity index is 470. The van der Waals surface area contributed by atoms with E-state index in [2.05, 4.69) is 5.32 Å². The minimum Gasteiger partial charge on any atom is -0.378 e. The summed E-state index contributed by atoms with van der Waals surface area (Å²) in [4.78, 5) is 26.3. The van der Waals surface area contributed by atoms with Crippen LogP contribution in [0.3, 0.4) is 0 Å². The molecule has 0 bridgehead atoms. The number of carbonyl (C=O) groups excluding carboxylic acids is 2. The smallest absolute Gasteiger partial charge is 0.318 e. The highest BCUT2D eigenvalue weighted by Crippen LogP contribution is 2.17. The summed E-state index contributed by atoms with van der Waals surface area (Å²) in [6, 6.07) is 8.63. The van der Waals surface area contributed by atoms with Crippen molar-refractivity contribution in [3.05, 3.63) is 35.9 Å². The zero-order valence-electron chi connectivity index (χ0n) is 12.4. The number of hydrogen-bond acceptors (Lipinski definition) is 3. The summed E-state index contributed by atoms with van der Waals surface area (Å²) in [5.41, 5.74) is 0.831. The number of Topliss-reactive ketones (excluding diaryl/α,β-unsaturated/α-hetero) is 1. The highest BCUT2D eigenvalue weighted by atomic mass is 16.5. The second kappa shape index (κ2) is 7.78. The van der Waals surface area contributed by atoms with Gasteiger partial charge in [0.1, 0.15) is 6.04 Å². The Kier molecular flexibility index (Phi) is 5.75. The van der Waals surface area contributed by atoms with E-state index in [0.717, 1.165) is 12.0 Å². The van der Waals surface area contributed by atoms with Gasteiger partial charge in [-0.2, -0.15) is 0 Å². The number of morpholine rings is 1. The lowest BCUT2D eigenvalue weighted by molar-refractivity contribution is -0.121. The van der Waals surface area contributed by atoms with E-state index in [1.54, 1.807) is 4.90 Å². The Labute approximate surface area is 125 Å². The van der Waals surface area contributed by atoms with E-state index in [1.165, 1.54) is 0 Å². The Hall–Kier alpha value is -1.88. The van der Waals surface area contributed by atoms with Crippen LogP contribution in [0.4, 0.5) is 4.79 Å². The first-order valence-corrected chi connectivity index (χ1v) is 7.43. The number of rotatable bonds is 5. The molecule has 0 saturated carbocycles. The summed E-state index contributed by atoms with van der Waals surface area (Å²) in [5, 5.41) is 2.87. The van der Waals surface area contributed by atoms with E-state index < -0.39 is 6.04 Å². The second-order valence-corrected chi connectivity index (χ2v) is 5.11. The molecule has 114 valence electrons. The number of nitrogens with one attached hydrogen (secondary N) is 1. The molecule has 1 aromatic carbocycles. The van der Waals surface area contributed by atoms with E-state index in [1.807, 2.05) is 37.3 Å². The molecule has 0 aliphatic carbocycles. The van der Waals surface area contributed by atoms with E-state index in [4.69, 9.17) is 4.74 Å². The van der Waals surface area contributed by atoms with E-state index in [-0.39, 0.29) is 11.8 Å². The summed E-state index contributed by atoms with van der Waals surface area (Å²) >= 11 is 0. The third kappa shape index (κ3) is 4.29. The fourth-order valence-electron chi connectivity index (χ4n) is 2.37. The quantitative estimate of drug-likeness (QED) is 0.904. The summed E-state index contributed by atoms with van der Waals surface area (Å²) in [6.45, 7) is 4.19. The summed E-state index contributed by atoms with van der Waals surface area (Å²) < 4.78 is 5.24. The van der Waals surface area contributed by atoms with Crippen LogP contribution in [0.2, 0.25) is 0 Å². The average Bonchev–Trinajstić information content (AvgIpc) is 2.54. The first-order valence-electron chi connectivity index (χ1n) is 7.43. The number of ketones is 1. The molecule has 0 radical (unpaired) electrons. The highest BCUT2D eigenvalue weighted by Gasteiger charge is 2.25. The minimum atomic E-state index is -0.568. The lowest BCUT2D eigenvalue weighted by atomic mass is 10.00. The molecule has 2 amide bonds. The Morgan fingerprint density at radius 3 is 2.52 bits per heavy atom. The van der Waals surface area contributed by atoms with Gasteiger partial charge in [0.05, 0.1) is 13.2 Å². The predicted molar refractivity (Wildman–Crippen MR) is 80.0 cm³/mol. The number of benzene rings is 1. The monoisotopic (exact) mass is 290 g/mol.